The van der Waals surface area contributed by atoms with Crippen molar-refractivity contribution in [3.8, 4) is 0 Å². The molecule has 0 radical (unpaired) electrons. The lowest BCUT2D eigenvalue weighted by molar-refractivity contribution is -0.128. The number of urea groups is 1. The number of rotatable bonds is 3. The number of imide groups is 1. The van der Waals surface area contributed by atoms with E-state index >= 15 is 0 Å². The average Bonchev–Trinajstić information content (AvgIpc) is 3.00. The van der Waals surface area contributed by atoms with Crippen LogP contribution in [0.15, 0.2) is 0 Å². The first-order valence-corrected chi connectivity index (χ1v) is 7.97. The summed E-state index contributed by atoms with van der Waals surface area (Å²) in [7, 11) is 0. The molecule has 5 heteroatoms. The van der Waals surface area contributed by atoms with Crippen LogP contribution in [-0.2, 0) is 4.79 Å². The maximum absolute atomic E-state index is 12.3. The maximum Gasteiger partial charge on any atom is 0.325 e. The summed E-state index contributed by atoms with van der Waals surface area (Å²) in [6.07, 6.45) is 6.25. The largest absolute Gasteiger partial charge is 0.325 e. The van der Waals surface area contributed by atoms with Crippen molar-refractivity contribution in [3.63, 3.8) is 0 Å². The molecule has 3 amide bonds. The standard InChI is InChI=1S/C15H25N3O2/c1-12-4-6-15(7-5-12)13(19)16-14(20)18(15)11-10-17-8-2-3-9-17/h12H,2-11H2,1H3,(H,16,19,20). The van der Waals surface area contributed by atoms with Crippen LogP contribution in [0.4, 0.5) is 4.79 Å². The molecule has 2 aliphatic heterocycles. The third-order valence-electron chi connectivity index (χ3n) is 5.34. The predicted octanol–water partition coefficient (Wildman–Crippen LogP) is 1.58. The van der Waals surface area contributed by atoms with Crippen molar-refractivity contribution < 1.29 is 9.59 Å². The lowest BCUT2D eigenvalue weighted by Gasteiger charge is -2.40. The Balaban J connectivity index is 1.69. The van der Waals surface area contributed by atoms with Crippen molar-refractivity contribution in [2.24, 2.45) is 5.92 Å². The van der Waals surface area contributed by atoms with Gasteiger partial charge in [0.05, 0.1) is 0 Å². The van der Waals surface area contributed by atoms with E-state index in [4.69, 9.17) is 0 Å². The molecule has 1 spiro atoms. The van der Waals surface area contributed by atoms with Gasteiger partial charge in [0.1, 0.15) is 5.54 Å². The molecule has 0 aromatic rings. The molecule has 0 unspecified atom stereocenters. The fourth-order valence-electron chi connectivity index (χ4n) is 3.90. The number of nitrogens with one attached hydrogen (secondary N) is 1. The van der Waals surface area contributed by atoms with E-state index in [0.717, 1.165) is 45.3 Å². The third-order valence-corrected chi connectivity index (χ3v) is 5.34. The molecule has 1 saturated carbocycles. The van der Waals surface area contributed by atoms with Crippen LogP contribution in [-0.4, -0.2) is 53.5 Å². The Morgan fingerprint density at radius 2 is 1.80 bits per heavy atom. The zero-order chi connectivity index (χ0) is 14.2. The van der Waals surface area contributed by atoms with Gasteiger partial charge in [-0.3, -0.25) is 10.1 Å². The Morgan fingerprint density at radius 3 is 2.45 bits per heavy atom. The molecular formula is C15H25N3O2. The van der Waals surface area contributed by atoms with Gasteiger partial charge in [-0.2, -0.15) is 0 Å². The van der Waals surface area contributed by atoms with E-state index in [1.807, 2.05) is 4.90 Å². The molecule has 2 saturated heterocycles. The number of hydrogen-bond donors (Lipinski definition) is 1. The molecule has 3 rings (SSSR count). The first-order valence-electron chi connectivity index (χ1n) is 7.97. The van der Waals surface area contributed by atoms with Crippen molar-refractivity contribution in [3.05, 3.63) is 0 Å². The minimum Gasteiger partial charge on any atom is -0.308 e. The summed E-state index contributed by atoms with van der Waals surface area (Å²) in [5, 5.41) is 2.55. The van der Waals surface area contributed by atoms with Crippen molar-refractivity contribution in [2.75, 3.05) is 26.2 Å². The van der Waals surface area contributed by atoms with Gasteiger partial charge in [-0.05, 0) is 57.5 Å². The lowest BCUT2D eigenvalue weighted by Crippen LogP contribution is -2.53. The van der Waals surface area contributed by atoms with Gasteiger partial charge in [0, 0.05) is 13.1 Å². The number of carbonyl (C=O) groups is 2. The molecule has 3 aliphatic rings. The number of hydrogen-bond acceptors (Lipinski definition) is 3. The van der Waals surface area contributed by atoms with Crippen LogP contribution in [0.2, 0.25) is 0 Å². The highest BCUT2D eigenvalue weighted by atomic mass is 16.2. The Labute approximate surface area is 120 Å². The molecule has 1 N–H and O–H groups in total. The van der Waals surface area contributed by atoms with Crippen LogP contribution in [0, 0.1) is 5.92 Å². The topological polar surface area (TPSA) is 52.7 Å². The molecule has 0 aromatic carbocycles. The van der Waals surface area contributed by atoms with Gasteiger partial charge >= 0.3 is 6.03 Å². The minimum absolute atomic E-state index is 0.0594. The molecule has 112 valence electrons. The molecule has 3 fully saturated rings. The minimum atomic E-state index is -0.538. The van der Waals surface area contributed by atoms with Gasteiger partial charge in [0.25, 0.3) is 5.91 Å². The van der Waals surface area contributed by atoms with Crippen LogP contribution in [0.3, 0.4) is 0 Å². The zero-order valence-electron chi connectivity index (χ0n) is 12.4. The first-order chi connectivity index (χ1) is 9.62. The van der Waals surface area contributed by atoms with Crippen molar-refractivity contribution in [1.29, 1.82) is 0 Å². The highest BCUT2D eigenvalue weighted by Gasteiger charge is 2.53. The van der Waals surface area contributed by atoms with Crippen molar-refractivity contribution in [2.45, 2.75) is 51.0 Å². The summed E-state index contributed by atoms with van der Waals surface area (Å²) in [6, 6.07) is -0.177. The highest BCUT2D eigenvalue weighted by molar-refractivity contribution is 6.07. The van der Waals surface area contributed by atoms with Gasteiger partial charge in [-0.25, -0.2) is 4.79 Å². The van der Waals surface area contributed by atoms with Crippen LogP contribution < -0.4 is 5.32 Å². The van der Waals surface area contributed by atoms with E-state index in [-0.39, 0.29) is 11.9 Å². The average molecular weight is 279 g/mol. The van der Waals surface area contributed by atoms with Crippen LogP contribution >= 0.6 is 0 Å². The Morgan fingerprint density at radius 1 is 1.15 bits per heavy atom. The number of likely N-dealkylation sites (tertiary alicyclic amines) is 1. The van der Waals surface area contributed by atoms with Gasteiger partial charge < -0.3 is 9.80 Å². The molecule has 0 atom stereocenters. The number of carbonyl (C=O) groups excluding carboxylic acids is 2. The van der Waals surface area contributed by atoms with E-state index < -0.39 is 5.54 Å². The number of nitrogens with zero attached hydrogens (tertiary/aromatic N) is 2. The SMILES string of the molecule is CC1CCC2(CC1)C(=O)NC(=O)N2CCN1CCCC1. The van der Waals surface area contributed by atoms with E-state index in [2.05, 4.69) is 17.1 Å². The molecule has 1 aliphatic carbocycles. The molecular weight excluding hydrogens is 254 g/mol. The monoisotopic (exact) mass is 279 g/mol. The summed E-state index contributed by atoms with van der Waals surface area (Å²) >= 11 is 0. The van der Waals surface area contributed by atoms with Gasteiger partial charge in [-0.15, -0.1) is 0 Å². The van der Waals surface area contributed by atoms with E-state index in [0.29, 0.717) is 12.5 Å². The normalized spacial score (nSPS) is 35.0. The zero-order valence-corrected chi connectivity index (χ0v) is 12.4. The van der Waals surface area contributed by atoms with Crippen molar-refractivity contribution >= 4 is 11.9 Å². The van der Waals surface area contributed by atoms with E-state index in [1.165, 1.54) is 12.8 Å². The second-order valence-electron chi connectivity index (χ2n) is 6.67. The van der Waals surface area contributed by atoms with Crippen molar-refractivity contribution in [1.82, 2.24) is 15.1 Å². The first kappa shape index (κ1) is 13.9. The fourth-order valence-corrected chi connectivity index (χ4v) is 3.90. The molecule has 0 bridgehead atoms. The highest BCUT2D eigenvalue weighted by Crippen LogP contribution is 2.39. The summed E-state index contributed by atoms with van der Waals surface area (Å²) in [6.45, 7) is 6.08. The molecule has 5 nitrogen and oxygen atoms in total. The summed E-state index contributed by atoms with van der Waals surface area (Å²) in [4.78, 5) is 28.6. The third kappa shape index (κ3) is 2.32. The lowest BCUT2D eigenvalue weighted by atomic mass is 9.76. The van der Waals surface area contributed by atoms with Crippen LogP contribution in [0.5, 0.6) is 0 Å². The summed E-state index contributed by atoms with van der Waals surface area (Å²) in [5.74, 6) is 0.611. The molecule has 20 heavy (non-hydrogen) atoms. The molecule has 0 aromatic heterocycles. The van der Waals surface area contributed by atoms with Crippen LogP contribution in [0.25, 0.3) is 0 Å². The van der Waals surface area contributed by atoms with Crippen LogP contribution in [0.1, 0.15) is 45.4 Å². The second-order valence-corrected chi connectivity index (χ2v) is 6.67. The van der Waals surface area contributed by atoms with E-state index in [9.17, 15) is 9.59 Å². The smallest absolute Gasteiger partial charge is 0.308 e. The second kappa shape index (κ2) is 5.35. The summed E-state index contributed by atoms with van der Waals surface area (Å²) in [5.41, 5.74) is -0.538. The van der Waals surface area contributed by atoms with E-state index in [1.54, 1.807) is 0 Å². The van der Waals surface area contributed by atoms with Gasteiger partial charge in [0.2, 0.25) is 0 Å². The fraction of sp³-hybridized carbons (Fsp3) is 0.867. The molecule has 2 heterocycles. The number of amides is 3. The van der Waals surface area contributed by atoms with Gasteiger partial charge in [-0.1, -0.05) is 6.92 Å². The maximum atomic E-state index is 12.3. The quantitative estimate of drug-likeness (QED) is 0.798. The Bertz CT molecular complexity index is 396. The Hall–Kier alpha value is -1.10. The Kier molecular flexibility index (Phi) is 3.71. The summed E-state index contributed by atoms with van der Waals surface area (Å²) < 4.78 is 0. The predicted molar refractivity (Wildman–Crippen MR) is 76.3 cm³/mol. The van der Waals surface area contributed by atoms with Gasteiger partial charge in [0.15, 0.2) is 0 Å².